The molecular formula is C17H30N6O2. The molecule has 0 radical (unpaired) electrons. The maximum atomic E-state index is 11.5. The van der Waals surface area contributed by atoms with E-state index in [-0.39, 0.29) is 11.5 Å². The smallest absolute Gasteiger partial charge is 0.254 e. The van der Waals surface area contributed by atoms with Crippen LogP contribution in [0.2, 0.25) is 0 Å². The molecule has 0 atom stereocenters. The van der Waals surface area contributed by atoms with Crippen LogP contribution in [0, 0.1) is 5.92 Å². The van der Waals surface area contributed by atoms with E-state index in [1.165, 1.54) is 38.5 Å². The quantitative estimate of drug-likeness (QED) is 0.736. The van der Waals surface area contributed by atoms with Crippen molar-refractivity contribution in [1.82, 2.24) is 19.8 Å². The fourth-order valence-electron chi connectivity index (χ4n) is 3.76. The first-order chi connectivity index (χ1) is 12.1. The van der Waals surface area contributed by atoms with E-state index >= 15 is 0 Å². The van der Waals surface area contributed by atoms with Gasteiger partial charge in [-0.15, -0.1) is 0 Å². The molecule has 2 fully saturated rings. The van der Waals surface area contributed by atoms with Gasteiger partial charge in [0.25, 0.3) is 5.56 Å². The van der Waals surface area contributed by atoms with Crippen LogP contribution >= 0.6 is 0 Å². The standard InChI is InChI=1S/C17H30N6O2/c1-25-11-10-21-4-2-14(3-5-21)13-22-6-8-23(9-7-22)15-12-16(24)20-17(18)19-15/h12,14H,2-11,13H2,1H3,(H3,18,19,20,24). The summed E-state index contributed by atoms with van der Waals surface area (Å²) in [6.45, 7) is 9.23. The molecule has 140 valence electrons. The van der Waals surface area contributed by atoms with Gasteiger partial charge in [0.05, 0.1) is 6.61 Å². The molecule has 0 bridgehead atoms. The van der Waals surface area contributed by atoms with Gasteiger partial charge >= 0.3 is 0 Å². The lowest BCUT2D eigenvalue weighted by Gasteiger charge is -2.39. The van der Waals surface area contributed by atoms with Gasteiger partial charge in [-0.1, -0.05) is 0 Å². The monoisotopic (exact) mass is 350 g/mol. The van der Waals surface area contributed by atoms with Crippen molar-refractivity contribution in [2.24, 2.45) is 5.92 Å². The molecule has 2 aliphatic rings. The topological polar surface area (TPSA) is 90.7 Å². The molecule has 0 unspecified atom stereocenters. The van der Waals surface area contributed by atoms with Crippen LogP contribution in [0.5, 0.6) is 0 Å². The highest BCUT2D eigenvalue weighted by atomic mass is 16.5. The second-order valence-corrected chi connectivity index (χ2v) is 7.05. The van der Waals surface area contributed by atoms with Crippen LogP contribution < -0.4 is 16.2 Å². The number of H-pyrrole nitrogens is 1. The number of nitrogen functional groups attached to an aromatic ring is 1. The number of anilines is 2. The third-order valence-electron chi connectivity index (χ3n) is 5.28. The molecule has 2 aliphatic heterocycles. The predicted octanol–water partition coefficient (Wildman–Crippen LogP) is -0.167. The van der Waals surface area contributed by atoms with Crippen LogP contribution in [-0.2, 0) is 4.74 Å². The second-order valence-electron chi connectivity index (χ2n) is 7.05. The average Bonchev–Trinajstić information content (AvgIpc) is 2.61. The van der Waals surface area contributed by atoms with E-state index in [4.69, 9.17) is 10.5 Å². The number of likely N-dealkylation sites (tertiary alicyclic amines) is 1. The summed E-state index contributed by atoms with van der Waals surface area (Å²) in [5.41, 5.74) is 5.45. The van der Waals surface area contributed by atoms with Gasteiger partial charge in [0.15, 0.2) is 0 Å². The maximum absolute atomic E-state index is 11.5. The fraction of sp³-hybridized carbons (Fsp3) is 0.765. The Morgan fingerprint density at radius 2 is 1.92 bits per heavy atom. The Balaban J connectivity index is 1.42. The van der Waals surface area contributed by atoms with Gasteiger partial charge < -0.3 is 20.3 Å². The zero-order valence-electron chi connectivity index (χ0n) is 15.1. The molecule has 1 aromatic heterocycles. The van der Waals surface area contributed by atoms with Crippen LogP contribution in [0.15, 0.2) is 10.9 Å². The Hall–Kier alpha value is -1.64. The number of rotatable bonds is 6. The molecule has 3 heterocycles. The average molecular weight is 350 g/mol. The van der Waals surface area contributed by atoms with Gasteiger partial charge in [-0.3, -0.25) is 14.7 Å². The van der Waals surface area contributed by atoms with Crippen LogP contribution in [0.3, 0.4) is 0 Å². The first-order valence-electron chi connectivity index (χ1n) is 9.19. The summed E-state index contributed by atoms with van der Waals surface area (Å²) >= 11 is 0. The van der Waals surface area contributed by atoms with E-state index in [0.29, 0.717) is 5.82 Å². The molecule has 0 spiro atoms. The molecular weight excluding hydrogens is 320 g/mol. The van der Waals surface area contributed by atoms with Crippen molar-refractivity contribution in [3.8, 4) is 0 Å². The zero-order chi connectivity index (χ0) is 17.6. The van der Waals surface area contributed by atoms with Gasteiger partial charge in [-0.25, -0.2) is 0 Å². The van der Waals surface area contributed by atoms with E-state index in [1.807, 2.05) is 0 Å². The predicted molar refractivity (Wildman–Crippen MR) is 99.0 cm³/mol. The summed E-state index contributed by atoms with van der Waals surface area (Å²) in [6, 6.07) is 1.53. The molecule has 8 nitrogen and oxygen atoms in total. The molecule has 0 saturated carbocycles. The van der Waals surface area contributed by atoms with Gasteiger partial charge in [-0.2, -0.15) is 4.98 Å². The SMILES string of the molecule is COCCN1CCC(CN2CCN(c3cc(=O)[nH]c(N)n3)CC2)CC1. The highest BCUT2D eigenvalue weighted by Gasteiger charge is 2.24. The van der Waals surface area contributed by atoms with Crippen LogP contribution in [-0.4, -0.2) is 85.8 Å². The molecule has 8 heteroatoms. The number of nitrogens with zero attached hydrogens (tertiary/aromatic N) is 4. The van der Waals surface area contributed by atoms with Crippen molar-refractivity contribution >= 4 is 11.8 Å². The third kappa shape index (κ3) is 5.17. The van der Waals surface area contributed by atoms with Crippen molar-refractivity contribution in [1.29, 1.82) is 0 Å². The van der Waals surface area contributed by atoms with Crippen molar-refractivity contribution in [3.63, 3.8) is 0 Å². The van der Waals surface area contributed by atoms with E-state index in [9.17, 15) is 4.79 Å². The summed E-state index contributed by atoms with van der Waals surface area (Å²) < 4.78 is 5.17. The van der Waals surface area contributed by atoms with Crippen molar-refractivity contribution < 1.29 is 4.74 Å². The lowest BCUT2D eigenvalue weighted by Crippen LogP contribution is -2.49. The summed E-state index contributed by atoms with van der Waals surface area (Å²) in [5, 5.41) is 0. The number of aromatic amines is 1. The first kappa shape index (κ1) is 18.2. The molecule has 25 heavy (non-hydrogen) atoms. The number of hydrogen-bond donors (Lipinski definition) is 2. The summed E-state index contributed by atoms with van der Waals surface area (Å²) in [7, 11) is 1.77. The van der Waals surface area contributed by atoms with Crippen molar-refractivity contribution in [2.45, 2.75) is 12.8 Å². The molecule has 1 aromatic rings. The number of piperidine rings is 1. The zero-order valence-corrected chi connectivity index (χ0v) is 15.1. The minimum atomic E-state index is -0.190. The number of ether oxygens (including phenoxy) is 1. The van der Waals surface area contributed by atoms with Gasteiger partial charge in [0, 0.05) is 52.4 Å². The lowest BCUT2D eigenvalue weighted by molar-refractivity contribution is 0.105. The van der Waals surface area contributed by atoms with Crippen LogP contribution in [0.1, 0.15) is 12.8 Å². The fourth-order valence-corrected chi connectivity index (χ4v) is 3.76. The Kier molecular flexibility index (Phi) is 6.28. The van der Waals surface area contributed by atoms with Crippen LogP contribution in [0.25, 0.3) is 0 Å². The summed E-state index contributed by atoms with van der Waals surface area (Å²) in [4.78, 5) is 25.5. The highest BCUT2D eigenvalue weighted by Crippen LogP contribution is 2.20. The number of aromatic nitrogens is 2. The minimum Gasteiger partial charge on any atom is -0.383 e. The Bertz CT molecular complexity index is 591. The van der Waals surface area contributed by atoms with Crippen LogP contribution in [0.4, 0.5) is 11.8 Å². The number of hydrogen-bond acceptors (Lipinski definition) is 7. The minimum absolute atomic E-state index is 0.185. The molecule has 0 amide bonds. The van der Waals surface area contributed by atoms with Gasteiger partial charge in [-0.05, 0) is 31.8 Å². The molecule has 2 saturated heterocycles. The highest BCUT2D eigenvalue weighted by molar-refractivity contribution is 5.41. The maximum Gasteiger partial charge on any atom is 0.254 e. The van der Waals surface area contributed by atoms with Crippen molar-refractivity contribution in [3.05, 3.63) is 16.4 Å². The van der Waals surface area contributed by atoms with E-state index in [0.717, 1.165) is 45.2 Å². The Morgan fingerprint density at radius 1 is 1.20 bits per heavy atom. The number of nitrogens with two attached hydrogens (primary N) is 1. The van der Waals surface area contributed by atoms with E-state index in [2.05, 4.69) is 24.7 Å². The normalized spacial score (nSPS) is 20.9. The Morgan fingerprint density at radius 3 is 2.56 bits per heavy atom. The number of piperazine rings is 1. The summed E-state index contributed by atoms with van der Waals surface area (Å²) in [6.07, 6.45) is 2.55. The van der Waals surface area contributed by atoms with E-state index in [1.54, 1.807) is 7.11 Å². The van der Waals surface area contributed by atoms with Crippen molar-refractivity contribution in [2.75, 3.05) is 76.7 Å². The third-order valence-corrected chi connectivity index (χ3v) is 5.28. The van der Waals surface area contributed by atoms with Gasteiger partial charge in [0.2, 0.25) is 5.95 Å². The molecule has 0 aliphatic carbocycles. The molecule has 3 N–H and O–H groups in total. The number of methoxy groups -OCH3 is 1. The lowest BCUT2D eigenvalue weighted by atomic mass is 9.96. The Labute approximate surface area is 148 Å². The van der Waals surface area contributed by atoms with E-state index < -0.39 is 0 Å². The number of nitrogens with one attached hydrogen (secondary N) is 1. The molecule has 3 rings (SSSR count). The molecule has 0 aromatic carbocycles. The largest absolute Gasteiger partial charge is 0.383 e. The summed E-state index contributed by atoms with van der Waals surface area (Å²) in [5.74, 6) is 1.66. The first-order valence-corrected chi connectivity index (χ1v) is 9.19. The van der Waals surface area contributed by atoms with Gasteiger partial charge in [0.1, 0.15) is 5.82 Å². The second kappa shape index (κ2) is 8.64.